The van der Waals surface area contributed by atoms with Crippen LogP contribution in [0.1, 0.15) is 39.5 Å². The van der Waals surface area contributed by atoms with E-state index in [4.69, 9.17) is 0 Å². The quantitative estimate of drug-likeness (QED) is 0.677. The highest BCUT2D eigenvalue weighted by Crippen LogP contribution is 2.60. The third-order valence-corrected chi connectivity index (χ3v) is 3.37. The molecule has 0 aromatic heterocycles. The van der Waals surface area contributed by atoms with Gasteiger partial charge in [0.15, 0.2) is 0 Å². The molecule has 2 fully saturated rings. The molecule has 0 heterocycles. The molecular weight excluding hydrogens is 162 g/mol. The van der Waals surface area contributed by atoms with E-state index in [1.165, 1.54) is 25.7 Å². The molecule has 0 saturated heterocycles. The fourth-order valence-corrected chi connectivity index (χ4v) is 2.20. The summed E-state index contributed by atoms with van der Waals surface area (Å²) in [6.07, 6.45) is 5.72. The van der Waals surface area contributed by atoms with Crippen LogP contribution < -0.4 is 5.32 Å². The summed E-state index contributed by atoms with van der Waals surface area (Å²) in [4.78, 5) is 0. The molecule has 2 saturated carbocycles. The van der Waals surface area contributed by atoms with Crippen molar-refractivity contribution in [3.63, 3.8) is 0 Å². The van der Waals surface area contributed by atoms with Gasteiger partial charge < -0.3 is 10.4 Å². The lowest BCUT2D eigenvalue weighted by molar-refractivity contribution is 0.0779. The van der Waals surface area contributed by atoms with Gasteiger partial charge in [0.25, 0.3) is 0 Å². The van der Waals surface area contributed by atoms with Crippen molar-refractivity contribution < 1.29 is 5.11 Å². The van der Waals surface area contributed by atoms with Gasteiger partial charge >= 0.3 is 0 Å². The first-order valence-electron chi connectivity index (χ1n) is 5.45. The summed E-state index contributed by atoms with van der Waals surface area (Å²) in [5.74, 6) is 1.02. The Kier molecular flexibility index (Phi) is 2.16. The second-order valence-electron chi connectivity index (χ2n) is 5.55. The van der Waals surface area contributed by atoms with Gasteiger partial charge in [0.05, 0.1) is 5.60 Å². The Morgan fingerprint density at radius 3 is 2.38 bits per heavy atom. The molecule has 0 radical (unpaired) electrons. The molecule has 0 atom stereocenters. The lowest BCUT2D eigenvalue weighted by atomic mass is 10.0. The fourth-order valence-electron chi connectivity index (χ4n) is 2.20. The molecule has 76 valence electrons. The monoisotopic (exact) mass is 183 g/mol. The Morgan fingerprint density at radius 2 is 2.00 bits per heavy atom. The van der Waals surface area contributed by atoms with E-state index in [0.717, 1.165) is 19.0 Å². The summed E-state index contributed by atoms with van der Waals surface area (Å²) in [5, 5.41) is 12.9. The van der Waals surface area contributed by atoms with E-state index in [9.17, 15) is 5.11 Å². The minimum Gasteiger partial charge on any atom is -0.389 e. The Labute approximate surface area is 80.7 Å². The van der Waals surface area contributed by atoms with Gasteiger partial charge in [0.2, 0.25) is 0 Å². The van der Waals surface area contributed by atoms with Gasteiger partial charge in [-0.1, -0.05) is 0 Å². The van der Waals surface area contributed by atoms with Crippen molar-refractivity contribution in [2.24, 2.45) is 11.3 Å². The van der Waals surface area contributed by atoms with Gasteiger partial charge in [-0.15, -0.1) is 0 Å². The Balaban J connectivity index is 1.68. The molecule has 2 nitrogen and oxygen atoms in total. The smallest absolute Gasteiger partial charge is 0.0715 e. The molecule has 0 aromatic carbocycles. The summed E-state index contributed by atoms with van der Waals surface area (Å²) in [6.45, 7) is 5.57. The van der Waals surface area contributed by atoms with Crippen LogP contribution >= 0.6 is 0 Å². The summed E-state index contributed by atoms with van der Waals surface area (Å²) < 4.78 is 0. The molecule has 0 spiro atoms. The Bertz CT molecular complexity index is 187. The third kappa shape index (κ3) is 2.44. The topological polar surface area (TPSA) is 32.3 Å². The largest absolute Gasteiger partial charge is 0.389 e. The third-order valence-electron chi connectivity index (χ3n) is 3.37. The highest BCUT2D eigenvalue weighted by atomic mass is 16.3. The summed E-state index contributed by atoms with van der Waals surface area (Å²) in [6, 6.07) is 0. The van der Waals surface area contributed by atoms with Gasteiger partial charge in [-0.3, -0.25) is 0 Å². The van der Waals surface area contributed by atoms with E-state index in [-0.39, 0.29) is 0 Å². The fraction of sp³-hybridized carbons (Fsp3) is 1.00. The molecule has 0 aromatic rings. The van der Waals surface area contributed by atoms with Crippen LogP contribution in [0.4, 0.5) is 0 Å². The van der Waals surface area contributed by atoms with Crippen molar-refractivity contribution in [3.05, 3.63) is 0 Å². The first-order chi connectivity index (χ1) is 6.02. The normalized spacial score (nSPS) is 26.1. The van der Waals surface area contributed by atoms with E-state index in [1.807, 2.05) is 13.8 Å². The van der Waals surface area contributed by atoms with Crippen LogP contribution in [0.5, 0.6) is 0 Å². The summed E-state index contributed by atoms with van der Waals surface area (Å²) >= 11 is 0. The lowest BCUT2D eigenvalue weighted by Gasteiger charge is -2.21. The molecule has 0 bridgehead atoms. The molecule has 2 heteroatoms. The van der Waals surface area contributed by atoms with Gasteiger partial charge in [-0.25, -0.2) is 0 Å². The molecule has 2 aliphatic carbocycles. The average molecular weight is 183 g/mol. The van der Waals surface area contributed by atoms with E-state index in [2.05, 4.69) is 5.32 Å². The Morgan fingerprint density at radius 1 is 1.38 bits per heavy atom. The van der Waals surface area contributed by atoms with Gasteiger partial charge in [-0.2, -0.15) is 0 Å². The second kappa shape index (κ2) is 2.96. The molecular formula is C11H21NO. The molecule has 2 rings (SSSR count). The highest BCUT2D eigenvalue weighted by molar-refractivity contribution is 5.05. The first-order valence-corrected chi connectivity index (χ1v) is 5.45. The van der Waals surface area contributed by atoms with Crippen molar-refractivity contribution in [2.75, 3.05) is 13.1 Å². The maximum absolute atomic E-state index is 9.53. The maximum atomic E-state index is 9.53. The first kappa shape index (κ1) is 9.47. The van der Waals surface area contributed by atoms with Crippen molar-refractivity contribution in [3.8, 4) is 0 Å². The minimum atomic E-state index is -0.556. The van der Waals surface area contributed by atoms with Gasteiger partial charge in [-0.05, 0) is 50.9 Å². The predicted molar refractivity (Wildman–Crippen MR) is 53.6 cm³/mol. The van der Waals surface area contributed by atoms with Crippen molar-refractivity contribution in [2.45, 2.75) is 45.1 Å². The van der Waals surface area contributed by atoms with Crippen LogP contribution in [0.2, 0.25) is 0 Å². The van der Waals surface area contributed by atoms with Crippen LogP contribution in [-0.2, 0) is 0 Å². The van der Waals surface area contributed by atoms with Gasteiger partial charge in [0.1, 0.15) is 0 Å². The zero-order chi connectivity index (χ0) is 9.53. The number of rotatable bonds is 5. The zero-order valence-electron chi connectivity index (χ0n) is 8.77. The molecule has 13 heavy (non-hydrogen) atoms. The molecule has 2 N–H and O–H groups in total. The van der Waals surface area contributed by atoms with E-state index in [0.29, 0.717) is 5.41 Å². The average Bonchev–Trinajstić information content (AvgIpc) is 2.80. The number of hydrogen-bond acceptors (Lipinski definition) is 2. The number of hydrogen-bond donors (Lipinski definition) is 2. The van der Waals surface area contributed by atoms with E-state index in [1.54, 1.807) is 0 Å². The molecule has 0 unspecified atom stereocenters. The maximum Gasteiger partial charge on any atom is 0.0715 e. The van der Waals surface area contributed by atoms with Crippen LogP contribution in [0.3, 0.4) is 0 Å². The summed E-state index contributed by atoms with van der Waals surface area (Å²) in [5.41, 5.74) is 0.102. The standard InChI is InChI=1S/C11H21NO/c1-10(2,13)7-12-8-11(5-6-11)9-3-4-9/h9,12-13H,3-8H2,1-2H3. The minimum absolute atomic E-state index is 0.556. The van der Waals surface area contributed by atoms with Crippen molar-refractivity contribution in [1.29, 1.82) is 0 Å². The molecule has 2 aliphatic rings. The van der Waals surface area contributed by atoms with Gasteiger partial charge in [0, 0.05) is 13.1 Å². The van der Waals surface area contributed by atoms with E-state index < -0.39 is 5.60 Å². The number of nitrogens with one attached hydrogen (secondary N) is 1. The lowest BCUT2D eigenvalue weighted by Crippen LogP contribution is -2.38. The van der Waals surface area contributed by atoms with Crippen molar-refractivity contribution >= 4 is 0 Å². The van der Waals surface area contributed by atoms with Crippen LogP contribution in [0.15, 0.2) is 0 Å². The predicted octanol–water partition coefficient (Wildman–Crippen LogP) is 1.54. The van der Waals surface area contributed by atoms with Crippen LogP contribution in [-0.4, -0.2) is 23.8 Å². The highest BCUT2D eigenvalue weighted by Gasteiger charge is 2.53. The van der Waals surface area contributed by atoms with Crippen molar-refractivity contribution in [1.82, 2.24) is 5.32 Å². The molecule has 0 amide bonds. The SMILES string of the molecule is CC(C)(O)CNCC1(C2CC2)CC1. The number of aliphatic hydroxyl groups is 1. The Hall–Kier alpha value is -0.0800. The summed E-state index contributed by atoms with van der Waals surface area (Å²) in [7, 11) is 0. The van der Waals surface area contributed by atoms with Crippen LogP contribution in [0.25, 0.3) is 0 Å². The zero-order valence-corrected chi connectivity index (χ0v) is 8.77. The van der Waals surface area contributed by atoms with E-state index >= 15 is 0 Å². The van der Waals surface area contributed by atoms with Crippen LogP contribution in [0, 0.1) is 11.3 Å². The molecule has 0 aliphatic heterocycles. The second-order valence-corrected chi connectivity index (χ2v) is 5.55.